The van der Waals surface area contributed by atoms with Crippen LogP contribution in [0.2, 0.25) is 0 Å². The molecule has 112 valence electrons. The predicted octanol–water partition coefficient (Wildman–Crippen LogP) is 2.03. The molecule has 1 atom stereocenters. The summed E-state index contributed by atoms with van der Waals surface area (Å²) in [4.78, 5) is 11.0. The molecule has 0 aliphatic carbocycles. The van der Waals surface area contributed by atoms with Crippen molar-refractivity contribution in [2.75, 3.05) is 13.1 Å². The normalized spacial score (nSPS) is 11.5. The molecule has 0 heterocycles. The second kappa shape index (κ2) is 12.9. The van der Waals surface area contributed by atoms with Crippen LogP contribution in [0.25, 0.3) is 0 Å². The van der Waals surface area contributed by atoms with E-state index in [-0.39, 0.29) is 18.4 Å². The molecule has 0 aromatic heterocycles. The zero-order valence-electron chi connectivity index (χ0n) is 12.3. The number of rotatable bonds is 4. The van der Waals surface area contributed by atoms with E-state index in [1.54, 1.807) is 0 Å². The van der Waals surface area contributed by atoms with E-state index in [4.69, 9.17) is 16.2 Å². The lowest BCUT2D eigenvalue weighted by molar-refractivity contribution is 0.0525. The third-order valence-electron chi connectivity index (χ3n) is 1.52. The molecule has 5 N–H and O–H groups in total. The number of ether oxygens (including phenoxy) is 1. The van der Waals surface area contributed by atoms with Crippen LogP contribution in [0.15, 0.2) is 0 Å². The Labute approximate surface area is 117 Å². The van der Waals surface area contributed by atoms with E-state index >= 15 is 0 Å². The van der Waals surface area contributed by atoms with E-state index in [2.05, 4.69) is 12.2 Å². The van der Waals surface area contributed by atoms with Crippen LogP contribution in [0.5, 0.6) is 0 Å². The second-order valence-corrected chi connectivity index (χ2v) is 5.00. The average molecular weight is 284 g/mol. The van der Waals surface area contributed by atoms with Gasteiger partial charge in [0.1, 0.15) is 5.60 Å². The summed E-state index contributed by atoms with van der Waals surface area (Å²) in [6, 6.07) is -0.0440. The Balaban J connectivity index is -0.000000321. The van der Waals surface area contributed by atoms with Gasteiger partial charge in [-0.15, -0.1) is 12.4 Å². The Morgan fingerprint density at radius 2 is 1.89 bits per heavy atom. The monoisotopic (exact) mass is 283 g/mol. The van der Waals surface area contributed by atoms with Crippen LogP contribution in [-0.2, 0) is 4.74 Å². The Bertz CT molecular complexity index is 192. The summed E-state index contributed by atoms with van der Waals surface area (Å²) >= 11 is 0. The van der Waals surface area contributed by atoms with Crippen LogP contribution < -0.4 is 16.8 Å². The van der Waals surface area contributed by atoms with E-state index in [9.17, 15) is 4.79 Å². The lowest BCUT2D eigenvalue weighted by Crippen LogP contribution is -2.38. The van der Waals surface area contributed by atoms with Crippen LogP contribution in [-0.4, -0.2) is 30.8 Å². The molecule has 0 bridgehead atoms. The summed E-state index contributed by atoms with van der Waals surface area (Å²) in [7, 11) is 0. The first-order chi connectivity index (χ1) is 7.72. The summed E-state index contributed by atoms with van der Waals surface area (Å²) in [5, 5.41) is 2.55. The predicted molar refractivity (Wildman–Crippen MR) is 79.1 cm³/mol. The molecule has 0 aliphatic rings. The topological polar surface area (TPSA) is 90.4 Å². The van der Waals surface area contributed by atoms with Crippen molar-refractivity contribution in [3.8, 4) is 0 Å². The van der Waals surface area contributed by atoms with Gasteiger partial charge in [-0.05, 0) is 40.7 Å². The van der Waals surface area contributed by atoms with E-state index < -0.39 is 11.7 Å². The molecule has 0 rings (SSSR count). The average Bonchev–Trinajstić information content (AvgIpc) is 2.14. The second-order valence-electron chi connectivity index (χ2n) is 5.00. The quantitative estimate of drug-likeness (QED) is 0.736. The van der Waals surface area contributed by atoms with Gasteiger partial charge < -0.3 is 21.5 Å². The summed E-state index contributed by atoms with van der Waals surface area (Å²) < 4.78 is 4.98. The highest BCUT2D eigenvalue weighted by Gasteiger charge is 2.15. The molecule has 1 unspecified atom stereocenters. The summed E-state index contributed by atoms with van der Waals surface area (Å²) in [6.07, 6.45) is 1.97. The van der Waals surface area contributed by atoms with Crippen molar-refractivity contribution in [1.29, 1.82) is 0 Å². The maximum atomic E-state index is 11.0. The number of carbonyl (C=O) groups is 1. The van der Waals surface area contributed by atoms with E-state index in [1.165, 1.54) is 12.8 Å². The molecule has 0 saturated carbocycles. The number of carbonyl (C=O) groups excluding carboxylic acids is 1. The van der Waals surface area contributed by atoms with Gasteiger partial charge in [0.25, 0.3) is 0 Å². The van der Waals surface area contributed by atoms with Crippen LogP contribution in [0.1, 0.15) is 47.5 Å². The van der Waals surface area contributed by atoms with Crippen LogP contribution in [0.3, 0.4) is 0 Å². The molecule has 0 spiro atoms. The van der Waals surface area contributed by atoms with Crippen molar-refractivity contribution in [2.24, 2.45) is 11.5 Å². The fourth-order valence-corrected chi connectivity index (χ4v) is 0.763. The van der Waals surface area contributed by atoms with Crippen molar-refractivity contribution in [3.63, 3.8) is 0 Å². The minimum absolute atomic E-state index is 0. The minimum Gasteiger partial charge on any atom is -0.444 e. The molecule has 0 aromatic carbocycles. The van der Waals surface area contributed by atoms with Gasteiger partial charge in [-0.3, -0.25) is 0 Å². The van der Waals surface area contributed by atoms with Gasteiger partial charge >= 0.3 is 6.09 Å². The number of unbranched alkanes of at least 4 members (excludes halogenated alkanes) is 1. The Morgan fingerprint density at radius 1 is 1.39 bits per heavy atom. The van der Waals surface area contributed by atoms with Gasteiger partial charge in [0.2, 0.25) is 0 Å². The number of nitrogens with two attached hydrogens (primary N) is 2. The molecule has 1 amide bonds. The maximum Gasteiger partial charge on any atom is 0.407 e. The SMILES string of the molecule is CC(N)CNC(=O)OC(C)(C)C.CCCCN.Cl. The molecule has 0 saturated heterocycles. The van der Waals surface area contributed by atoms with E-state index in [0.717, 1.165) is 6.54 Å². The third-order valence-corrected chi connectivity index (χ3v) is 1.52. The van der Waals surface area contributed by atoms with Gasteiger partial charge in [-0.1, -0.05) is 13.3 Å². The molecule has 0 radical (unpaired) electrons. The molecular weight excluding hydrogens is 254 g/mol. The summed E-state index contributed by atoms with van der Waals surface area (Å²) in [5.41, 5.74) is 10.1. The van der Waals surface area contributed by atoms with Gasteiger partial charge in [0.15, 0.2) is 0 Å². The fraction of sp³-hybridized carbons (Fsp3) is 0.917. The molecule has 6 heteroatoms. The van der Waals surface area contributed by atoms with Crippen molar-refractivity contribution < 1.29 is 9.53 Å². The van der Waals surface area contributed by atoms with Crippen LogP contribution >= 0.6 is 12.4 Å². The van der Waals surface area contributed by atoms with Gasteiger partial charge in [-0.25, -0.2) is 4.79 Å². The first kappa shape index (κ1) is 22.6. The largest absolute Gasteiger partial charge is 0.444 e. The van der Waals surface area contributed by atoms with Gasteiger partial charge in [-0.2, -0.15) is 0 Å². The lowest BCUT2D eigenvalue weighted by atomic mass is 10.2. The first-order valence-corrected chi connectivity index (χ1v) is 6.15. The maximum absolute atomic E-state index is 11.0. The number of halogens is 1. The molecule has 0 aromatic rings. The third kappa shape index (κ3) is 24.6. The Morgan fingerprint density at radius 3 is 2.11 bits per heavy atom. The first-order valence-electron chi connectivity index (χ1n) is 6.15. The van der Waals surface area contributed by atoms with E-state index in [0.29, 0.717) is 6.54 Å². The number of amides is 1. The van der Waals surface area contributed by atoms with Crippen molar-refractivity contribution in [1.82, 2.24) is 5.32 Å². The number of nitrogens with one attached hydrogen (secondary N) is 1. The van der Waals surface area contributed by atoms with Crippen LogP contribution in [0.4, 0.5) is 4.79 Å². The zero-order chi connectivity index (χ0) is 13.9. The summed E-state index contributed by atoms with van der Waals surface area (Å²) in [6.45, 7) is 10.7. The molecular formula is C12H30ClN3O2. The summed E-state index contributed by atoms with van der Waals surface area (Å²) in [5.74, 6) is 0. The standard InChI is InChI=1S/C8H18N2O2.C4H11N.ClH/c1-6(9)5-10-7(11)12-8(2,3)4;1-2-3-4-5;/h6H,5,9H2,1-4H3,(H,10,11);2-5H2,1H3;1H. The fourth-order valence-electron chi connectivity index (χ4n) is 0.763. The highest BCUT2D eigenvalue weighted by molar-refractivity contribution is 5.85. The molecule has 0 aliphatic heterocycles. The molecule has 18 heavy (non-hydrogen) atoms. The minimum atomic E-state index is -0.443. The molecule has 5 nitrogen and oxygen atoms in total. The van der Waals surface area contributed by atoms with Gasteiger partial charge in [0.05, 0.1) is 0 Å². The highest BCUT2D eigenvalue weighted by atomic mass is 35.5. The smallest absolute Gasteiger partial charge is 0.407 e. The number of alkyl carbamates (subject to hydrolysis) is 1. The number of hydrogen-bond donors (Lipinski definition) is 3. The highest BCUT2D eigenvalue weighted by Crippen LogP contribution is 2.05. The Kier molecular flexibility index (Phi) is 16.3. The van der Waals surface area contributed by atoms with Gasteiger partial charge in [0, 0.05) is 12.6 Å². The number of hydrogen-bond acceptors (Lipinski definition) is 4. The van der Waals surface area contributed by atoms with Crippen molar-refractivity contribution in [2.45, 2.75) is 59.1 Å². The molecule has 0 fully saturated rings. The lowest BCUT2D eigenvalue weighted by Gasteiger charge is -2.20. The zero-order valence-corrected chi connectivity index (χ0v) is 13.1. The van der Waals surface area contributed by atoms with E-state index in [1.807, 2.05) is 27.7 Å². The van der Waals surface area contributed by atoms with Crippen LogP contribution in [0, 0.1) is 0 Å². The Hall–Kier alpha value is -0.520. The van der Waals surface area contributed by atoms with Crippen molar-refractivity contribution >= 4 is 18.5 Å². The van der Waals surface area contributed by atoms with Crippen molar-refractivity contribution in [3.05, 3.63) is 0 Å².